The molecule has 1 aromatic heterocycles. The number of aromatic nitrogens is 2. The summed E-state index contributed by atoms with van der Waals surface area (Å²) in [6.07, 6.45) is 0. The molecular weight excluding hydrogens is 268 g/mol. The van der Waals surface area contributed by atoms with Crippen molar-refractivity contribution in [3.63, 3.8) is 0 Å². The summed E-state index contributed by atoms with van der Waals surface area (Å²) in [6, 6.07) is 9.65. The molecule has 0 aliphatic carbocycles. The highest BCUT2D eigenvalue weighted by Gasteiger charge is 2.33. The van der Waals surface area contributed by atoms with Gasteiger partial charge in [-0.15, -0.1) is 0 Å². The van der Waals surface area contributed by atoms with Crippen molar-refractivity contribution in [1.29, 1.82) is 5.26 Å². The molecule has 0 saturated heterocycles. The molecule has 1 aliphatic heterocycles. The number of methoxy groups -OCH3 is 1. The fraction of sp³-hybridized carbons (Fsp3) is 0.200. The summed E-state index contributed by atoms with van der Waals surface area (Å²) in [4.78, 5) is 7.41. The van der Waals surface area contributed by atoms with Gasteiger partial charge in [0.1, 0.15) is 23.2 Å². The van der Waals surface area contributed by atoms with E-state index in [2.05, 4.69) is 16.0 Å². The van der Waals surface area contributed by atoms with E-state index < -0.39 is 0 Å². The van der Waals surface area contributed by atoms with E-state index in [1.165, 1.54) is 0 Å². The maximum Gasteiger partial charge on any atom is 0.243 e. The zero-order valence-electron chi connectivity index (χ0n) is 11.7. The van der Waals surface area contributed by atoms with Crippen LogP contribution >= 0.6 is 0 Å². The normalized spacial score (nSPS) is 16.9. The first-order valence-electron chi connectivity index (χ1n) is 6.42. The summed E-state index contributed by atoms with van der Waals surface area (Å²) in [7, 11) is 1.60. The number of H-pyrrole nitrogens is 1. The lowest BCUT2D eigenvalue weighted by Gasteiger charge is -2.22. The van der Waals surface area contributed by atoms with Crippen molar-refractivity contribution in [1.82, 2.24) is 9.97 Å². The molecule has 3 N–H and O–H groups in total. The summed E-state index contributed by atoms with van der Waals surface area (Å²) >= 11 is 0. The van der Waals surface area contributed by atoms with Gasteiger partial charge in [-0.25, -0.2) is 0 Å². The van der Waals surface area contributed by atoms with Crippen LogP contribution in [0.4, 0.5) is 0 Å². The molecule has 0 radical (unpaired) electrons. The van der Waals surface area contributed by atoms with Gasteiger partial charge in [-0.2, -0.15) is 10.2 Å². The Labute approximate surface area is 121 Å². The molecule has 6 heteroatoms. The van der Waals surface area contributed by atoms with Gasteiger partial charge in [-0.1, -0.05) is 12.1 Å². The van der Waals surface area contributed by atoms with E-state index in [1.54, 1.807) is 7.11 Å². The Balaban J connectivity index is 2.19. The van der Waals surface area contributed by atoms with Gasteiger partial charge in [0.2, 0.25) is 11.8 Å². The van der Waals surface area contributed by atoms with Gasteiger partial charge in [-0.05, 0) is 24.6 Å². The first-order chi connectivity index (χ1) is 10.1. The molecule has 106 valence electrons. The Kier molecular flexibility index (Phi) is 3.03. The number of hydrogen-bond donors (Lipinski definition) is 2. The quantitative estimate of drug-likeness (QED) is 0.877. The Morgan fingerprint density at radius 2 is 2.29 bits per heavy atom. The molecule has 6 nitrogen and oxygen atoms in total. The summed E-state index contributed by atoms with van der Waals surface area (Å²) in [5.41, 5.74) is 7.84. The molecule has 0 amide bonds. The number of aryl methyl sites for hydroxylation is 1. The maximum absolute atomic E-state index is 9.42. The minimum Gasteiger partial charge on any atom is -0.497 e. The highest BCUT2D eigenvalue weighted by atomic mass is 16.5. The van der Waals surface area contributed by atoms with E-state index in [1.807, 2.05) is 31.2 Å². The van der Waals surface area contributed by atoms with Crippen molar-refractivity contribution in [2.75, 3.05) is 7.11 Å². The number of nitriles is 1. The van der Waals surface area contributed by atoms with Crippen LogP contribution in [0.25, 0.3) is 0 Å². The fourth-order valence-corrected chi connectivity index (χ4v) is 2.48. The summed E-state index contributed by atoms with van der Waals surface area (Å²) in [5, 5.41) is 9.42. The predicted octanol–water partition coefficient (Wildman–Crippen LogP) is 1.94. The first-order valence-corrected chi connectivity index (χ1v) is 6.42. The molecule has 2 heterocycles. The molecule has 3 rings (SSSR count). The highest BCUT2D eigenvalue weighted by Crippen LogP contribution is 2.41. The SMILES string of the molecule is COc1cccc(C2C(C#N)=C(N)Oc3nc(C)[nH]c32)c1. The van der Waals surface area contributed by atoms with Gasteiger partial charge in [0.25, 0.3) is 0 Å². The number of ether oxygens (including phenoxy) is 2. The average molecular weight is 282 g/mol. The highest BCUT2D eigenvalue weighted by molar-refractivity contribution is 5.52. The largest absolute Gasteiger partial charge is 0.497 e. The number of fused-ring (bicyclic) bond motifs is 1. The van der Waals surface area contributed by atoms with E-state index in [0.717, 1.165) is 11.3 Å². The summed E-state index contributed by atoms with van der Waals surface area (Å²) < 4.78 is 10.7. The number of hydrogen-bond acceptors (Lipinski definition) is 5. The van der Waals surface area contributed by atoms with Crippen LogP contribution in [-0.4, -0.2) is 17.1 Å². The van der Waals surface area contributed by atoms with Crippen LogP contribution in [0.2, 0.25) is 0 Å². The Bertz CT molecular complexity index is 770. The fourth-order valence-electron chi connectivity index (χ4n) is 2.48. The molecule has 1 atom stereocenters. The minimum atomic E-state index is -0.338. The standard InChI is InChI=1S/C15H14N4O2/c1-8-18-13-12(9-4-3-5-10(6-9)20-2)11(7-16)14(17)21-15(13)19-8/h3-6,12H,17H2,1-2H3,(H,18,19). The van der Waals surface area contributed by atoms with Crippen molar-refractivity contribution in [3.8, 4) is 17.7 Å². The minimum absolute atomic E-state index is 0.0873. The molecule has 0 spiro atoms. The molecule has 0 saturated carbocycles. The number of nitrogens with two attached hydrogens (primary N) is 1. The molecule has 1 unspecified atom stereocenters. The van der Waals surface area contributed by atoms with Gasteiger partial charge in [0, 0.05) is 0 Å². The van der Waals surface area contributed by atoms with Crippen molar-refractivity contribution in [2.45, 2.75) is 12.8 Å². The third-order valence-electron chi connectivity index (χ3n) is 3.41. The van der Waals surface area contributed by atoms with Crippen LogP contribution in [0.3, 0.4) is 0 Å². The molecule has 1 aromatic carbocycles. The molecule has 1 aliphatic rings. The van der Waals surface area contributed by atoms with Crippen LogP contribution in [0.15, 0.2) is 35.7 Å². The van der Waals surface area contributed by atoms with Crippen LogP contribution in [0.1, 0.15) is 23.0 Å². The van der Waals surface area contributed by atoms with Gasteiger partial charge in [0.05, 0.1) is 18.7 Å². The summed E-state index contributed by atoms with van der Waals surface area (Å²) in [6.45, 7) is 1.83. The van der Waals surface area contributed by atoms with Crippen LogP contribution in [-0.2, 0) is 0 Å². The number of nitrogens with zero attached hydrogens (tertiary/aromatic N) is 2. The van der Waals surface area contributed by atoms with E-state index >= 15 is 0 Å². The summed E-state index contributed by atoms with van der Waals surface area (Å²) in [5.74, 6) is 1.59. The molecule has 2 aromatic rings. The number of aromatic amines is 1. The van der Waals surface area contributed by atoms with Crippen molar-refractivity contribution < 1.29 is 9.47 Å². The molecule has 0 bridgehead atoms. The molecule has 21 heavy (non-hydrogen) atoms. The molecule has 0 fully saturated rings. The van der Waals surface area contributed by atoms with Gasteiger partial charge in [0.15, 0.2) is 0 Å². The molecular formula is C15H14N4O2. The number of allylic oxidation sites excluding steroid dienone is 1. The lowest BCUT2D eigenvalue weighted by molar-refractivity contribution is 0.379. The Morgan fingerprint density at radius 3 is 3.00 bits per heavy atom. The van der Waals surface area contributed by atoms with Gasteiger partial charge >= 0.3 is 0 Å². The number of nitrogens with one attached hydrogen (secondary N) is 1. The smallest absolute Gasteiger partial charge is 0.243 e. The van der Waals surface area contributed by atoms with Crippen molar-refractivity contribution in [2.24, 2.45) is 5.73 Å². The lowest BCUT2D eigenvalue weighted by atomic mass is 9.88. The van der Waals surface area contributed by atoms with Crippen LogP contribution in [0.5, 0.6) is 11.6 Å². The van der Waals surface area contributed by atoms with Gasteiger partial charge < -0.3 is 20.2 Å². The third kappa shape index (κ3) is 2.09. The van der Waals surface area contributed by atoms with Crippen LogP contribution in [0, 0.1) is 18.3 Å². The van der Waals surface area contributed by atoms with Crippen LogP contribution < -0.4 is 15.2 Å². The predicted molar refractivity (Wildman–Crippen MR) is 75.6 cm³/mol. The second-order valence-electron chi connectivity index (χ2n) is 4.74. The Hall–Kier alpha value is -2.94. The lowest BCUT2D eigenvalue weighted by Crippen LogP contribution is -2.21. The van der Waals surface area contributed by atoms with E-state index in [0.29, 0.717) is 23.0 Å². The van der Waals surface area contributed by atoms with E-state index in [9.17, 15) is 5.26 Å². The number of benzene rings is 1. The van der Waals surface area contributed by atoms with Crippen molar-refractivity contribution in [3.05, 3.63) is 52.8 Å². The first kappa shape index (κ1) is 13.1. The van der Waals surface area contributed by atoms with Crippen molar-refractivity contribution >= 4 is 0 Å². The third-order valence-corrected chi connectivity index (χ3v) is 3.41. The second-order valence-corrected chi connectivity index (χ2v) is 4.74. The monoisotopic (exact) mass is 282 g/mol. The second kappa shape index (κ2) is 4.87. The topological polar surface area (TPSA) is 96.9 Å². The maximum atomic E-state index is 9.42. The number of rotatable bonds is 2. The van der Waals surface area contributed by atoms with E-state index in [-0.39, 0.29) is 11.8 Å². The number of imidazole rings is 1. The Morgan fingerprint density at radius 1 is 1.48 bits per heavy atom. The zero-order chi connectivity index (χ0) is 15.0. The van der Waals surface area contributed by atoms with E-state index in [4.69, 9.17) is 15.2 Å². The average Bonchev–Trinajstić information content (AvgIpc) is 2.85. The van der Waals surface area contributed by atoms with Gasteiger partial charge in [-0.3, -0.25) is 0 Å². The zero-order valence-corrected chi connectivity index (χ0v) is 11.7.